The quantitative estimate of drug-likeness (QED) is 0.240. The minimum absolute atomic E-state index is 0. The van der Waals surface area contributed by atoms with Crippen molar-refractivity contribution in [1.82, 2.24) is 14.5 Å². The van der Waals surface area contributed by atoms with E-state index in [0.29, 0.717) is 29.8 Å². The molecule has 190 valence electrons. The number of hydrogen-bond acceptors (Lipinski definition) is 7. The van der Waals surface area contributed by atoms with E-state index in [1.165, 1.54) is 11.3 Å². The molecular formula is C26H29ClN4O4S. The van der Waals surface area contributed by atoms with Crippen molar-refractivity contribution < 1.29 is 19.0 Å². The third-order valence-corrected chi connectivity index (χ3v) is 6.38. The first kappa shape index (κ1) is 27.0. The zero-order chi connectivity index (χ0) is 24.6. The van der Waals surface area contributed by atoms with Crippen LogP contribution in [0.2, 0.25) is 0 Å². The van der Waals surface area contributed by atoms with Gasteiger partial charge in [-0.2, -0.15) is 0 Å². The molecule has 4 aromatic rings. The zero-order valence-electron chi connectivity index (χ0n) is 20.4. The lowest BCUT2D eigenvalue weighted by Gasteiger charge is -2.18. The molecule has 10 heteroatoms. The van der Waals surface area contributed by atoms with Gasteiger partial charge in [-0.3, -0.25) is 9.69 Å². The number of benzene rings is 2. The molecule has 0 saturated carbocycles. The van der Waals surface area contributed by atoms with Gasteiger partial charge in [-0.1, -0.05) is 17.4 Å². The molecule has 2 heterocycles. The highest BCUT2D eigenvalue weighted by Crippen LogP contribution is 2.32. The first-order chi connectivity index (χ1) is 17.1. The lowest BCUT2D eigenvalue weighted by atomic mass is 10.2. The second-order valence-electron chi connectivity index (χ2n) is 7.65. The Morgan fingerprint density at radius 3 is 2.69 bits per heavy atom. The number of imidazole rings is 1. The fraction of sp³-hybridized carbons (Fsp3) is 0.269. The van der Waals surface area contributed by atoms with Crippen LogP contribution < -0.4 is 19.1 Å². The van der Waals surface area contributed by atoms with Gasteiger partial charge in [0.1, 0.15) is 5.75 Å². The fourth-order valence-corrected chi connectivity index (χ4v) is 4.63. The van der Waals surface area contributed by atoms with E-state index < -0.39 is 0 Å². The molecule has 0 fully saturated rings. The van der Waals surface area contributed by atoms with Crippen LogP contribution in [0.3, 0.4) is 0 Å². The predicted octanol–water partition coefficient (Wildman–Crippen LogP) is 5.47. The van der Waals surface area contributed by atoms with Gasteiger partial charge in [-0.15, -0.1) is 12.4 Å². The number of carbonyl (C=O) groups excluding carboxylic acids is 1. The second-order valence-corrected chi connectivity index (χ2v) is 8.66. The average molecular weight is 529 g/mol. The number of halogens is 1. The van der Waals surface area contributed by atoms with Gasteiger partial charge < -0.3 is 18.8 Å². The highest BCUT2D eigenvalue weighted by atomic mass is 35.5. The monoisotopic (exact) mass is 528 g/mol. The van der Waals surface area contributed by atoms with Gasteiger partial charge in [0.15, 0.2) is 16.6 Å². The SMILES string of the molecule is CCOc1ccc2nc(N(CCCn3ccnc3)C(=O)/C=C/c3ccc(OC)c(OC)c3)sc2c1.Cl. The van der Waals surface area contributed by atoms with Crippen molar-refractivity contribution in [2.75, 3.05) is 32.3 Å². The van der Waals surface area contributed by atoms with Crippen LogP contribution in [0.15, 0.2) is 61.2 Å². The summed E-state index contributed by atoms with van der Waals surface area (Å²) in [6, 6.07) is 11.3. The van der Waals surface area contributed by atoms with Crippen molar-refractivity contribution in [1.29, 1.82) is 0 Å². The van der Waals surface area contributed by atoms with Gasteiger partial charge in [0.2, 0.25) is 0 Å². The topological polar surface area (TPSA) is 78.7 Å². The number of thiazole rings is 1. The molecule has 0 radical (unpaired) electrons. The molecule has 0 aliphatic carbocycles. The molecule has 0 bridgehead atoms. The highest BCUT2D eigenvalue weighted by Gasteiger charge is 2.18. The van der Waals surface area contributed by atoms with Crippen molar-refractivity contribution >= 4 is 51.1 Å². The Hall–Kier alpha value is -3.56. The highest BCUT2D eigenvalue weighted by molar-refractivity contribution is 7.22. The van der Waals surface area contributed by atoms with Gasteiger partial charge in [-0.05, 0) is 55.3 Å². The van der Waals surface area contributed by atoms with E-state index >= 15 is 0 Å². The van der Waals surface area contributed by atoms with Crippen LogP contribution in [0.4, 0.5) is 5.13 Å². The molecule has 8 nitrogen and oxygen atoms in total. The first-order valence-electron chi connectivity index (χ1n) is 11.3. The molecule has 0 atom stereocenters. The molecule has 4 rings (SSSR count). The van der Waals surface area contributed by atoms with E-state index in [1.807, 2.05) is 54.1 Å². The van der Waals surface area contributed by atoms with Crippen LogP contribution in [0.25, 0.3) is 16.3 Å². The number of carbonyl (C=O) groups is 1. The van der Waals surface area contributed by atoms with Crippen molar-refractivity contribution in [2.24, 2.45) is 0 Å². The average Bonchev–Trinajstić information content (AvgIpc) is 3.54. The van der Waals surface area contributed by atoms with Gasteiger partial charge in [0.05, 0.1) is 37.4 Å². The molecule has 1 amide bonds. The Labute approximate surface area is 220 Å². The number of ether oxygens (including phenoxy) is 3. The van der Waals surface area contributed by atoms with Crippen molar-refractivity contribution in [3.05, 3.63) is 66.8 Å². The molecule has 0 N–H and O–H groups in total. The molecule has 2 aromatic carbocycles. The minimum Gasteiger partial charge on any atom is -0.494 e. The maximum atomic E-state index is 13.3. The number of nitrogens with zero attached hydrogens (tertiary/aromatic N) is 4. The summed E-state index contributed by atoms with van der Waals surface area (Å²) in [4.78, 5) is 23.9. The molecule has 0 aliphatic rings. The van der Waals surface area contributed by atoms with Gasteiger partial charge >= 0.3 is 0 Å². The number of methoxy groups -OCH3 is 2. The van der Waals surface area contributed by atoms with Crippen LogP contribution in [-0.2, 0) is 11.3 Å². The van der Waals surface area contributed by atoms with Crippen LogP contribution in [0.5, 0.6) is 17.2 Å². The van der Waals surface area contributed by atoms with Gasteiger partial charge in [0, 0.05) is 31.6 Å². The van der Waals surface area contributed by atoms with E-state index in [-0.39, 0.29) is 18.3 Å². The first-order valence-corrected chi connectivity index (χ1v) is 12.1. The van der Waals surface area contributed by atoms with Crippen LogP contribution in [0, 0.1) is 0 Å². The summed E-state index contributed by atoms with van der Waals surface area (Å²) in [7, 11) is 3.18. The van der Waals surface area contributed by atoms with E-state index in [2.05, 4.69) is 4.98 Å². The maximum Gasteiger partial charge on any atom is 0.252 e. The summed E-state index contributed by atoms with van der Waals surface area (Å²) in [6.45, 7) is 3.82. The molecule has 36 heavy (non-hydrogen) atoms. The molecule has 2 aromatic heterocycles. The van der Waals surface area contributed by atoms with Crippen molar-refractivity contribution in [2.45, 2.75) is 19.9 Å². The van der Waals surface area contributed by atoms with E-state index in [1.54, 1.807) is 43.8 Å². The number of anilines is 1. The number of aryl methyl sites for hydroxylation is 1. The Bertz CT molecular complexity index is 1310. The van der Waals surface area contributed by atoms with Crippen molar-refractivity contribution in [3.8, 4) is 17.2 Å². The Balaban J connectivity index is 0.00000361. The number of rotatable bonds is 11. The molecular weight excluding hydrogens is 500 g/mol. The third-order valence-electron chi connectivity index (χ3n) is 5.34. The van der Waals surface area contributed by atoms with E-state index in [9.17, 15) is 4.79 Å². The van der Waals surface area contributed by atoms with Gasteiger partial charge in [0.25, 0.3) is 5.91 Å². The normalized spacial score (nSPS) is 10.9. The second kappa shape index (κ2) is 12.9. The number of hydrogen-bond donors (Lipinski definition) is 0. The Morgan fingerprint density at radius 1 is 1.14 bits per heavy atom. The van der Waals surface area contributed by atoms with E-state index in [4.69, 9.17) is 19.2 Å². The Morgan fingerprint density at radius 2 is 1.97 bits per heavy atom. The summed E-state index contributed by atoms with van der Waals surface area (Å²) < 4.78 is 19.3. The summed E-state index contributed by atoms with van der Waals surface area (Å²) in [5, 5.41) is 0.654. The molecule has 0 spiro atoms. The van der Waals surface area contributed by atoms with Crippen LogP contribution in [0.1, 0.15) is 18.9 Å². The summed E-state index contributed by atoms with van der Waals surface area (Å²) in [6.07, 6.45) is 9.53. The third kappa shape index (κ3) is 6.56. The van der Waals surface area contributed by atoms with Crippen LogP contribution >= 0.6 is 23.7 Å². The van der Waals surface area contributed by atoms with E-state index in [0.717, 1.165) is 34.5 Å². The fourth-order valence-electron chi connectivity index (χ4n) is 3.61. The van der Waals surface area contributed by atoms with Crippen molar-refractivity contribution in [3.63, 3.8) is 0 Å². The number of amides is 1. The number of fused-ring (bicyclic) bond motifs is 1. The van der Waals surface area contributed by atoms with Gasteiger partial charge in [-0.25, -0.2) is 9.97 Å². The summed E-state index contributed by atoms with van der Waals surface area (Å²) >= 11 is 1.48. The zero-order valence-corrected chi connectivity index (χ0v) is 22.1. The summed E-state index contributed by atoms with van der Waals surface area (Å²) in [5.41, 5.74) is 1.67. The molecule has 0 unspecified atom stereocenters. The smallest absolute Gasteiger partial charge is 0.252 e. The minimum atomic E-state index is -0.144. The lowest BCUT2D eigenvalue weighted by molar-refractivity contribution is -0.114. The lowest BCUT2D eigenvalue weighted by Crippen LogP contribution is -2.30. The predicted molar refractivity (Wildman–Crippen MR) is 146 cm³/mol. The molecule has 0 saturated heterocycles. The number of aromatic nitrogens is 3. The largest absolute Gasteiger partial charge is 0.494 e. The summed E-state index contributed by atoms with van der Waals surface area (Å²) in [5.74, 6) is 1.89. The standard InChI is InChI=1S/C26H28N4O4S.ClH/c1-4-34-20-8-9-21-24(17-20)35-26(28-21)30(14-5-13-29-15-12-27-18-29)25(31)11-7-19-6-10-22(32-2)23(16-19)33-3;/h6-12,15-18H,4-5,13-14H2,1-3H3;1H/b11-7+;. The van der Waals surface area contributed by atoms with Crippen LogP contribution in [-0.4, -0.2) is 47.8 Å². The molecule has 0 aliphatic heterocycles. The maximum absolute atomic E-state index is 13.3. The Kier molecular flexibility index (Phi) is 9.72.